The zero-order valence-electron chi connectivity index (χ0n) is 14.4. The lowest BCUT2D eigenvalue weighted by atomic mass is 10.1. The van der Waals surface area contributed by atoms with Crippen LogP contribution in [0.2, 0.25) is 0 Å². The van der Waals surface area contributed by atoms with E-state index in [4.69, 9.17) is 4.98 Å². The molecule has 4 rings (SSSR count). The monoisotopic (exact) mass is 361 g/mol. The summed E-state index contributed by atoms with van der Waals surface area (Å²) in [6.07, 6.45) is 8.82. The molecule has 0 aliphatic carbocycles. The Kier molecular flexibility index (Phi) is 4.52. The van der Waals surface area contributed by atoms with Crippen molar-refractivity contribution in [3.05, 3.63) is 67.4 Å². The molecule has 0 amide bonds. The highest BCUT2D eigenvalue weighted by Gasteiger charge is 2.19. The Hall–Kier alpha value is -3.68. The summed E-state index contributed by atoms with van der Waals surface area (Å²) in [5.41, 5.74) is 1.99. The maximum atomic E-state index is 13.5. The molecule has 7 nitrogen and oxygen atoms in total. The van der Waals surface area contributed by atoms with Crippen LogP contribution < -0.4 is 10.2 Å². The van der Waals surface area contributed by atoms with Crippen LogP contribution in [0.5, 0.6) is 0 Å². The van der Waals surface area contributed by atoms with Gasteiger partial charge in [-0.15, -0.1) is 0 Å². The zero-order chi connectivity index (χ0) is 18.6. The van der Waals surface area contributed by atoms with E-state index in [9.17, 15) is 4.39 Å². The molecule has 1 aliphatic heterocycles. The molecule has 0 atom stereocenters. The van der Waals surface area contributed by atoms with Crippen molar-refractivity contribution in [2.75, 3.05) is 16.8 Å². The fraction of sp³-hybridized carbons (Fsp3) is 0.105. The van der Waals surface area contributed by atoms with E-state index >= 15 is 0 Å². The lowest BCUT2D eigenvalue weighted by molar-refractivity contribution is 0.584. The fourth-order valence-electron chi connectivity index (χ4n) is 2.76. The van der Waals surface area contributed by atoms with Gasteiger partial charge in [0.2, 0.25) is 5.95 Å². The SMILES string of the molecule is C=C(Nc1cnccn1)N1CCC=Nc2ccc(-c3ccnc(F)c3)nc21. The Morgan fingerprint density at radius 1 is 1.15 bits per heavy atom. The van der Waals surface area contributed by atoms with E-state index < -0.39 is 5.95 Å². The average molecular weight is 361 g/mol. The number of fused-ring (bicyclic) bond motifs is 1. The number of nitrogens with one attached hydrogen (secondary N) is 1. The summed E-state index contributed by atoms with van der Waals surface area (Å²) in [6, 6.07) is 6.74. The highest BCUT2D eigenvalue weighted by molar-refractivity contribution is 5.78. The van der Waals surface area contributed by atoms with Gasteiger partial charge in [0, 0.05) is 49.4 Å². The van der Waals surface area contributed by atoms with Crippen molar-refractivity contribution in [2.24, 2.45) is 4.99 Å². The summed E-state index contributed by atoms with van der Waals surface area (Å²) in [5, 5.41) is 3.14. The summed E-state index contributed by atoms with van der Waals surface area (Å²) in [7, 11) is 0. The van der Waals surface area contributed by atoms with Crippen LogP contribution in [-0.4, -0.2) is 32.7 Å². The van der Waals surface area contributed by atoms with Crippen LogP contribution in [0.4, 0.5) is 21.7 Å². The first-order valence-electron chi connectivity index (χ1n) is 8.36. The van der Waals surface area contributed by atoms with Crippen LogP contribution in [0, 0.1) is 5.95 Å². The molecular weight excluding hydrogens is 345 g/mol. The van der Waals surface area contributed by atoms with Crippen LogP contribution >= 0.6 is 0 Å². The highest BCUT2D eigenvalue weighted by atomic mass is 19.1. The maximum absolute atomic E-state index is 13.5. The quantitative estimate of drug-likeness (QED) is 0.716. The van der Waals surface area contributed by atoms with Crippen molar-refractivity contribution in [1.82, 2.24) is 19.9 Å². The Morgan fingerprint density at radius 3 is 2.89 bits per heavy atom. The summed E-state index contributed by atoms with van der Waals surface area (Å²) >= 11 is 0. The van der Waals surface area contributed by atoms with Gasteiger partial charge in [-0.05, 0) is 18.2 Å². The molecule has 0 saturated heterocycles. The molecule has 27 heavy (non-hydrogen) atoms. The van der Waals surface area contributed by atoms with Crippen molar-refractivity contribution in [3.8, 4) is 11.3 Å². The summed E-state index contributed by atoms with van der Waals surface area (Å²) in [5.74, 6) is 1.28. The third-order valence-electron chi connectivity index (χ3n) is 4.01. The van der Waals surface area contributed by atoms with Gasteiger partial charge in [0.05, 0.1) is 11.9 Å². The van der Waals surface area contributed by atoms with Crippen molar-refractivity contribution in [1.29, 1.82) is 0 Å². The first kappa shape index (κ1) is 16.8. The van der Waals surface area contributed by atoms with Gasteiger partial charge in [-0.1, -0.05) is 6.58 Å². The number of pyridine rings is 2. The van der Waals surface area contributed by atoms with Gasteiger partial charge in [0.25, 0.3) is 0 Å². The summed E-state index contributed by atoms with van der Waals surface area (Å²) in [6.45, 7) is 4.75. The minimum absolute atomic E-state index is 0.548. The zero-order valence-corrected chi connectivity index (χ0v) is 14.4. The second kappa shape index (κ2) is 7.28. The number of aromatic nitrogens is 4. The van der Waals surface area contributed by atoms with E-state index in [1.54, 1.807) is 24.7 Å². The Labute approximate surface area is 155 Å². The van der Waals surface area contributed by atoms with Gasteiger partial charge in [0.1, 0.15) is 17.3 Å². The van der Waals surface area contributed by atoms with E-state index in [0.29, 0.717) is 40.9 Å². The van der Waals surface area contributed by atoms with Crippen molar-refractivity contribution >= 4 is 23.5 Å². The number of hydrogen-bond donors (Lipinski definition) is 1. The third kappa shape index (κ3) is 3.64. The molecule has 0 radical (unpaired) electrons. The second-order valence-electron chi connectivity index (χ2n) is 5.82. The molecule has 0 fully saturated rings. The second-order valence-corrected chi connectivity index (χ2v) is 5.82. The predicted molar refractivity (Wildman–Crippen MR) is 102 cm³/mol. The fourth-order valence-corrected chi connectivity index (χ4v) is 2.76. The van der Waals surface area contributed by atoms with Crippen molar-refractivity contribution in [2.45, 2.75) is 6.42 Å². The van der Waals surface area contributed by atoms with Gasteiger partial charge in [-0.25, -0.2) is 15.0 Å². The van der Waals surface area contributed by atoms with E-state index in [-0.39, 0.29) is 0 Å². The molecule has 8 heteroatoms. The molecule has 3 aromatic heterocycles. The smallest absolute Gasteiger partial charge is 0.213 e. The van der Waals surface area contributed by atoms with Gasteiger partial charge in [-0.2, -0.15) is 4.39 Å². The normalized spacial score (nSPS) is 13.0. The van der Waals surface area contributed by atoms with E-state index in [2.05, 4.69) is 31.8 Å². The van der Waals surface area contributed by atoms with Crippen molar-refractivity contribution in [3.63, 3.8) is 0 Å². The molecule has 3 aromatic rings. The minimum atomic E-state index is -0.548. The maximum Gasteiger partial charge on any atom is 0.213 e. The molecule has 0 unspecified atom stereocenters. The Balaban J connectivity index is 1.70. The Morgan fingerprint density at radius 2 is 2.07 bits per heavy atom. The molecule has 1 aliphatic rings. The standard InChI is InChI=1S/C19H16FN7/c1-13(25-18-12-21-8-9-24-18)27-10-2-6-22-16-4-3-15(26-19(16)27)14-5-7-23-17(20)11-14/h3-9,11-12H,1-2,10H2,(H,24,25). The molecule has 1 N–H and O–H groups in total. The van der Waals surface area contributed by atoms with Crippen LogP contribution in [-0.2, 0) is 0 Å². The van der Waals surface area contributed by atoms with Gasteiger partial charge >= 0.3 is 0 Å². The summed E-state index contributed by atoms with van der Waals surface area (Å²) < 4.78 is 13.5. The largest absolute Gasteiger partial charge is 0.326 e. The minimum Gasteiger partial charge on any atom is -0.326 e. The van der Waals surface area contributed by atoms with Gasteiger partial charge in [0.15, 0.2) is 5.82 Å². The molecule has 4 heterocycles. The number of rotatable bonds is 4. The third-order valence-corrected chi connectivity index (χ3v) is 4.01. The first-order chi connectivity index (χ1) is 13.2. The molecule has 0 bridgehead atoms. The average Bonchev–Trinajstić information content (AvgIpc) is 2.90. The van der Waals surface area contributed by atoms with E-state index in [1.807, 2.05) is 23.2 Å². The van der Waals surface area contributed by atoms with Crippen LogP contribution in [0.15, 0.2) is 66.4 Å². The van der Waals surface area contributed by atoms with Crippen molar-refractivity contribution < 1.29 is 4.39 Å². The van der Waals surface area contributed by atoms with Crippen LogP contribution in [0.1, 0.15) is 6.42 Å². The highest BCUT2D eigenvalue weighted by Crippen LogP contribution is 2.33. The molecule has 0 spiro atoms. The molecular formula is C19H16FN7. The lowest BCUT2D eigenvalue weighted by Crippen LogP contribution is -2.28. The number of aliphatic imine (C=N–C) groups is 1. The predicted octanol–water partition coefficient (Wildman–Crippen LogP) is 3.57. The van der Waals surface area contributed by atoms with Crippen LogP contribution in [0.3, 0.4) is 0 Å². The lowest BCUT2D eigenvalue weighted by Gasteiger charge is -2.26. The molecule has 134 valence electrons. The first-order valence-corrected chi connectivity index (χ1v) is 8.36. The number of hydrogen-bond acceptors (Lipinski definition) is 7. The van der Waals surface area contributed by atoms with E-state index in [1.165, 1.54) is 12.3 Å². The van der Waals surface area contributed by atoms with Crippen LogP contribution in [0.25, 0.3) is 11.3 Å². The van der Waals surface area contributed by atoms with E-state index in [0.717, 1.165) is 6.42 Å². The Bertz CT molecular complexity index is 1000. The van der Waals surface area contributed by atoms with Gasteiger partial charge < -0.3 is 10.2 Å². The number of halogens is 1. The number of nitrogens with zero attached hydrogens (tertiary/aromatic N) is 6. The number of anilines is 2. The summed E-state index contributed by atoms with van der Waals surface area (Å²) in [4.78, 5) is 22.9. The topological polar surface area (TPSA) is 79.2 Å². The van der Waals surface area contributed by atoms with Gasteiger partial charge in [-0.3, -0.25) is 9.98 Å². The molecule has 0 aromatic carbocycles. The molecule has 0 saturated carbocycles.